The summed E-state index contributed by atoms with van der Waals surface area (Å²) >= 11 is 0. The van der Waals surface area contributed by atoms with Crippen molar-refractivity contribution in [3.8, 4) is 0 Å². The number of carbonyl (C=O) groups excluding carboxylic acids is 2. The number of hydrogen-bond donors (Lipinski definition) is 2. The Labute approximate surface area is 93.3 Å². The van der Waals surface area contributed by atoms with Gasteiger partial charge in [-0.05, 0) is 13.3 Å². The maximum atomic E-state index is 11.0. The number of carbonyl (C=O) groups is 3. The van der Waals surface area contributed by atoms with E-state index in [1.807, 2.05) is 0 Å². The Bertz CT molecular complexity index is 298. The first-order chi connectivity index (χ1) is 7.43. The molecule has 6 heteroatoms. The van der Waals surface area contributed by atoms with Gasteiger partial charge in [0, 0.05) is 18.5 Å². The molecular weight excluding hydrogens is 214 g/mol. The number of carboxylic acid groups (broad SMARTS) is 1. The number of esters is 1. The predicted molar refractivity (Wildman–Crippen MR) is 55.7 cm³/mol. The van der Waals surface area contributed by atoms with Crippen LogP contribution in [0.1, 0.15) is 19.8 Å². The molecule has 0 aromatic carbocycles. The van der Waals surface area contributed by atoms with Crippen LogP contribution in [0.5, 0.6) is 0 Å². The van der Waals surface area contributed by atoms with Crippen LogP contribution >= 0.6 is 0 Å². The van der Waals surface area contributed by atoms with Gasteiger partial charge in [0.1, 0.15) is 0 Å². The van der Waals surface area contributed by atoms with Crippen LogP contribution in [0, 0.1) is 0 Å². The average Bonchev–Trinajstić information content (AvgIpc) is 2.20. The lowest BCUT2D eigenvalue weighted by molar-refractivity contribution is -0.155. The molecular formula is C10H15NO5. The molecule has 1 amide bonds. The zero-order chi connectivity index (χ0) is 12.6. The number of nitrogens with one attached hydrogen (secondary N) is 1. The topological polar surface area (TPSA) is 92.7 Å². The van der Waals surface area contributed by atoms with Gasteiger partial charge in [0.05, 0.1) is 0 Å². The Hall–Kier alpha value is -1.85. The van der Waals surface area contributed by atoms with E-state index >= 15 is 0 Å². The molecule has 0 aromatic heterocycles. The molecule has 0 heterocycles. The van der Waals surface area contributed by atoms with Crippen molar-refractivity contribution in [1.29, 1.82) is 0 Å². The Balaban J connectivity index is 3.52. The van der Waals surface area contributed by atoms with E-state index in [-0.39, 0.29) is 12.3 Å². The van der Waals surface area contributed by atoms with Crippen LogP contribution in [0.4, 0.5) is 0 Å². The Kier molecular flexibility index (Phi) is 6.58. The molecule has 0 aromatic rings. The lowest BCUT2D eigenvalue weighted by atomic mass is 10.3. The summed E-state index contributed by atoms with van der Waals surface area (Å²) in [6.07, 6.45) is 0.473. The standard InChI is InChI=1S/C10H15NO5/c1-7(2)10(15)11-5-3-4-9(14)16-6-8(12)13/h1,3-6H2,2H3,(H,11,15)(H,12,13). The van der Waals surface area contributed by atoms with Crippen molar-refractivity contribution in [3.05, 3.63) is 12.2 Å². The van der Waals surface area contributed by atoms with E-state index in [1.54, 1.807) is 6.92 Å². The first-order valence-corrected chi connectivity index (χ1v) is 4.74. The highest BCUT2D eigenvalue weighted by atomic mass is 16.5. The number of ether oxygens (including phenoxy) is 1. The van der Waals surface area contributed by atoms with E-state index in [9.17, 15) is 14.4 Å². The smallest absolute Gasteiger partial charge is 0.341 e. The zero-order valence-corrected chi connectivity index (χ0v) is 9.12. The van der Waals surface area contributed by atoms with Gasteiger partial charge in [-0.2, -0.15) is 0 Å². The van der Waals surface area contributed by atoms with Crippen LogP contribution in [-0.2, 0) is 19.1 Å². The molecule has 0 unspecified atom stereocenters. The lowest BCUT2D eigenvalue weighted by Gasteiger charge is -2.04. The third-order valence-electron chi connectivity index (χ3n) is 1.59. The normalized spacial score (nSPS) is 9.31. The van der Waals surface area contributed by atoms with Gasteiger partial charge in [0.25, 0.3) is 0 Å². The molecule has 2 N–H and O–H groups in total. The highest BCUT2D eigenvalue weighted by molar-refractivity contribution is 5.92. The zero-order valence-electron chi connectivity index (χ0n) is 9.12. The van der Waals surface area contributed by atoms with E-state index in [1.165, 1.54) is 0 Å². The minimum Gasteiger partial charge on any atom is -0.479 e. The molecule has 0 aliphatic rings. The highest BCUT2D eigenvalue weighted by Gasteiger charge is 2.06. The fraction of sp³-hybridized carbons (Fsp3) is 0.500. The summed E-state index contributed by atoms with van der Waals surface area (Å²) in [5, 5.41) is 10.8. The van der Waals surface area contributed by atoms with Crippen molar-refractivity contribution in [2.24, 2.45) is 0 Å². The fourth-order valence-electron chi connectivity index (χ4n) is 0.800. The Morgan fingerprint density at radius 2 is 2.00 bits per heavy atom. The molecule has 0 saturated carbocycles. The molecule has 0 aliphatic carbocycles. The van der Waals surface area contributed by atoms with Crippen molar-refractivity contribution in [2.75, 3.05) is 13.2 Å². The second kappa shape index (κ2) is 7.44. The number of aliphatic carboxylic acids is 1. The summed E-state index contributed by atoms with van der Waals surface area (Å²) < 4.78 is 4.39. The van der Waals surface area contributed by atoms with Crippen molar-refractivity contribution in [3.63, 3.8) is 0 Å². The van der Waals surface area contributed by atoms with Crippen LogP contribution in [0.2, 0.25) is 0 Å². The minimum atomic E-state index is -1.19. The van der Waals surface area contributed by atoms with Crippen molar-refractivity contribution in [1.82, 2.24) is 5.32 Å². The van der Waals surface area contributed by atoms with E-state index in [0.29, 0.717) is 18.5 Å². The maximum absolute atomic E-state index is 11.0. The quantitative estimate of drug-likeness (QED) is 0.366. The first kappa shape index (κ1) is 14.2. The van der Waals surface area contributed by atoms with Crippen LogP contribution in [0.15, 0.2) is 12.2 Å². The number of rotatable bonds is 7. The molecule has 0 fully saturated rings. The van der Waals surface area contributed by atoms with Gasteiger partial charge in [-0.3, -0.25) is 9.59 Å². The van der Waals surface area contributed by atoms with Crippen molar-refractivity contribution >= 4 is 17.8 Å². The summed E-state index contributed by atoms with van der Waals surface area (Å²) in [6.45, 7) is 4.73. The van der Waals surface area contributed by atoms with Crippen LogP contribution in [0.25, 0.3) is 0 Å². The molecule has 0 bridgehead atoms. The second-order valence-corrected chi connectivity index (χ2v) is 3.19. The maximum Gasteiger partial charge on any atom is 0.341 e. The summed E-state index contributed by atoms with van der Waals surface area (Å²) in [7, 11) is 0. The fourth-order valence-corrected chi connectivity index (χ4v) is 0.800. The van der Waals surface area contributed by atoms with Crippen molar-refractivity contribution < 1.29 is 24.2 Å². The van der Waals surface area contributed by atoms with Crippen LogP contribution in [-0.4, -0.2) is 36.1 Å². The molecule has 16 heavy (non-hydrogen) atoms. The summed E-state index contributed by atoms with van der Waals surface area (Å²) in [5.74, 6) is -2.05. The molecule has 0 atom stereocenters. The van der Waals surface area contributed by atoms with Crippen LogP contribution in [0.3, 0.4) is 0 Å². The van der Waals surface area contributed by atoms with Crippen molar-refractivity contribution in [2.45, 2.75) is 19.8 Å². The van der Waals surface area contributed by atoms with E-state index < -0.39 is 18.5 Å². The molecule has 0 rings (SSSR count). The third-order valence-corrected chi connectivity index (χ3v) is 1.59. The molecule has 0 saturated heterocycles. The predicted octanol–water partition coefficient (Wildman–Crippen LogP) is 0.0867. The molecule has 90 valence electrons. The van der Waals surface area contributed by atoms with E-state index in [2.05, 4.69) is 16.6 Å². The van der Waals surface area contributed by atoms with Gasteiger partial charge in [-0.15, -0.1) is 0 Å². The molecule has 0 spiro atoms. The van der Waals surface area contributed by atoms with Gasteiger partial charge in [-0.1, -0.05) is 6.58 Å². The summed E-state index contributed by atoms with van der Waals surface area (Å²) in [6, 6.07) is 0. The molecule has 0 aliphatic heterocycles. The lowest BCUT2D eigenvalue weighted by Crippen LogP contribution is -2.25. The van der Waals surface area contributed by atoms with E-state index in [4.69, 9.17) is 5.11 Å². The van der Waals surface area contributed by atoms with Crippen LogP contribution < -0.4 is 5.32 Å². The molecule has 0 radical (unpaired) electrons. The van der Waals surface area contributed by atoms with Gasteiger partial charge >= 0.3 is 11.9 Å². The largest absolute Gasteiger partial charge is 0.479 e. The third kappa shape index (κ3) is 7.54. The Morgan fingerprint density at radius 3 is 2.50 bits per heavy atom. The second-order valence-electron chi connectivity index (χ2n) is 3.19. The van der Waals surface area contributed by atoms with E-state index in [0.717, 1.165) is 0 Å². The number of hydrogen-bond acceptors (Lipinski definition) is 4. The SMILES string of the molecule is C=C(C)C(=O)NCCCC(=O)OCC(=O)O. The summed E-state index contributed by atoms with van der Waals surface area (Å²) in [5.41, 5.74) is 0.397. The average molecular weight is 229 g/mol. The van der Waals surface area contributed by atoms with Gasteiger partial charge in [0.2, 0.25) is 5.91 Å². The van der Waals surface area contributed by atoms with Gasteiger partial charge in [-0.25, -0.2) is 4.79 Å². The van der Waals surface area contributed by atoms with Gasteiger partial charge < -0.3 is 15.2 Å². The monoisotopic (exact) mass is 229 g/mol. The Morgan fingerprint density at radius 1 is 1.38 bits per heavy atom. The molecule has 6 nitrogen and oxygen atoms in total. The minimum absolute atomic E-state index is 0.0732. The number of carboxylic acids is 1. The highest BCUT2D eigenvalue weighted by Crippen LogP contribution is 1.93. The first-order valence-electron chi connectivity index (χ1n) is 4.74. The summed E-state index contributed by atoms with van der Waals surface area (Å²) in [4.78, 5) is 32.0. The number of amides is 1. The van der Waals surface area contributed by atoms with Gasteiger partial charge in [0.15, 0.2) is 6.61 Å².